The highest BCUT2D eigenvalue weighted by Crippen LogP contribution is 2.38. The minimum absolute atomic E-state index is 0.147. The van der Waals surface area contributed by atoms with E-state index in [1.807, 2.05) is 37.3 Å². The van der Waals surface area contributed by atoms with Crippen LogP contribution in [0.15, 0.2) is 66.7 Å². The zero-order chi connectivity index (χ0) is 24.2. The van der Waals surface area contributed by atoms with Gasteiger partial charge in [-0.2, -0.15) is 0 Å². The van der Waals surface area contributed by atoms with Gasteiger partial charge in [0.05, 0.1) is 26.1 Å². The summed E-state index contributed by atoms with van der Waals surface area (Å²) in [5, 5.41) is 9.62. The van der Waals surface area contributed by atoms with Crippen molar-refractivity contribution in [3.63, 3.8) is 0 Å². The van der Waals surface area contributed by atoms with Crippen molar-refractivity contribution in [1.82, 2.24) is 4.90 Å². The van der Waals surface area contributed by atoms with Crippen LogP contribution >= 0.6 is 11.6 Å². The van der Waals surface area contributed by atoms with Gasteiger partial charge in [0.1, 0.15) is 11.9 Å². The largest absolute Gasteiger partial charge is 0.493 e. The van der Waals surface area contributed by atoms with Crippen LogP contribution in [0, 0.1) is 0 Å². The van der Waals surface area contributed by atoms with Crippen LogP contribution in [0.2, 0.25) is 5.02 Å². The van der Waals surface area contributed by atoms with Crippen molar-refractivity contribution in [2.45, 2.75) is 32.0 Å². The number of methoxy groups -OCH3 is 1. The topological polar surface area (TPSA) is 85.3 Å². The maximum atomic E-state index is 12.7. The predicted molar refractivity (Wildman–Crippen MR) is 127 cm³/mol. The number of hydrogen-bond acceptors (Lipinski definition) is 5. The van der Waals surface area contributed by atoms with Gasteiger partial charge in [-0.15, -0.1) is 0 Å². The fourth-order valence-corrected chi connectivity index (χ4v) is 4.16. The highest BCUT2D eigenvalue weighted by Gasteiger charge is 2.39. The number of nitrogens with zero attached hydrogens (tertiary/aromatic N) is 1. The molecule has 1 N–H and O–H groups in total. The van der Waals surface area contributed by atoms with Crippen molar-refractivity contribution in [3.05, 3.63) is 88.4 Å². The Labute approximate surface area is 202 Å². The van der Waals surface area contributed by atoms with Gasteiger partial charge in [0.2, 0.25) is 0 Å². The maximum Gasteiger partial charge on any atom is 0.411 e. The third kappa shape index (κ3) is 5.10. The summed E-state index contributed by atoms with van der Waals surface area (Å²) in [4.78, 5) is 25.5. The number of carbonyl (C=O) groups is 2. The van der Waals surface area contributed by atoms with E-state index < -0.39 is 12.1 Å². The lowest BCUT2D eigenvalue weighted by atomic mass is 10.0. The Hall–Kier alpha value is -3.71. The predicted octanol–water partition coefficient (Wildman–Crippen LogP) is 5.85. The van der Waals surface area contributed by atoms with Gasteiger partial charge in [0, 0.05) is 10.6 Å². The molecule has 1 fully saturated rings. The second kappa shape index (κ2) is 10.1. The molecule has 1 saturated heterocycles. The van der Waals surface area contributed by atoms with Crippen LogP contribution in [0.3, 0.4) is 0 Å². The molecule has 1 amide bonds. The van der Waals surface area contributed by atoms with Crippen LogP contribution in [0.5, 0.6) is 17.2 Å². The summed E-state index contributed by atoms with van der Waals surface area (Å²) in [5.74, 6) is 0.341. The smallest absolute Gasteiger partial charge is 0.411 e. The highest BCUT2D eigenvalue weighted by molar-refractivity contribution is 6.30. The van der Waals surface area contributed by atoms with Crippen LogP contribution in [-0.2, 0) is 22.5 Å². The molecule has 34 heavy (non-hydrogen) atoms. The number of halogens is 1. The van der Waals surface area contributed by atoms with Gasteiger partial charge >= 0.3 is 12.1 Å². The fourth-order valence-electron chi connectivity index (χ4n) is 3.96. The Morgan fingerprint density at radius 2 is 1.79 bits per heavy atom. The number of carboxylic acid groups (broad SMARTS) is 1. The molecule has 0 unspecified atom stereocenters. The second-order valence-corrected chi connectivity index (χ2v) is 8.43. The first-order valence-corrected chi connectivity index (χ1v) is 11.1. The molecule has 2 atom stereocenters. The highest BCUT2D eigenvalue weighted by atomic mass is 35.5. The van der Waals surface area contributed by atoms with Gasteiger partial charge in [0.25, 0.3) is 0 Å². The molecule has 0 bridgehead atoms. The Bertz CT molecular complexity index is 1200. The number of cyclic esters (lactones) is 1. The summed E-state index contributed by atoms with van der Waals surface area (Å²) in [6, 6.07) is 19.5. The lowest BCUT2D eigenvalue weighted by Crippen LogP contribution is -2.31. The monoisotopic (exact) mass is 481 g/mol. The van der Waals surface area contributed by atoms with Crippen LogP contribution in [0.4, 0.5) is 4.79 Å². The van der Waals surface area contributed by atoms with E-state index in [4.69, 9.17) is 30.9 Å². The van der Waals surface area contributed by atoms with E-state index in [1.54, 1.807) is 41.3 Å². The van der Waals surface area contributed by atoms with Crippen molar-refractivity contribution in [2.24, 2.45) is 0 Å². The van der Waals surface area contributed by atoms with Crippen molar-refractivity contribution in [3.8, 4) is 17.2 Å². The zero-order valence-electron chi connectivity index (χ0n) is 18.7. The molecule has 176 valence electrons. The normalized spacial score (nSPS) is 17.4. The zero-order valence-corrected chi connectivity index (χ0v) is 19.5. The van der Waals surface area contributed by atoms with E-state index >= 15 is 0 Å². The summed E-state index contributed by atoms with van der Waals surface area (Å²) >= 11 is 6.26. The molecule has 3 aromatic rings. The Kier molecular flexibility index (Phi) is 6.93. The molecule has 1 aliphatic heterocycles. The number of carbonyl (C=O) groups excluding carboxylic acids is 1. The van der Waals surface area contributed by atoms with E-state index in [-0.39, 0.29) is 25.1 Å². The van der Waals surface area contributed by atoms with Gasteiger partial charge in [0.15, 0.2) is 11.5 Å². The second-order valence-electron chi connectivity index (χ2n) is 7.99. The SMILES string of the molecule is COc1ccc(CC(=O)O)cc1Oc1ccc(Cl)cc1CN1C(=O)O[C@H](c2ccccc2)[C@@H]1C. The average molecular weight is 482 g/mol. The van der Waals surface area contributed by atoms with Crippen LogP contribution < -0.4 is 9.47 Å². The van der Waals surface area contributed by atoms with E-state index in [1.165, 1.54) is 7.11 Å². The first-order chi connectivity index (χ1) is 16.4. The molecule has 0 radical (unpaired) electrons. The Morgan fingerprint density at radius 3 is 2.50 bits per heavy atom. The first-order valence-electron chi connectivity index (χ1n) is 10.7. The third-order valence-corrected chi connectivity index (χ3v) is 5.92. The number of ether oxygens (including phenoxy) is 3. The van der Waals surface area contributed by atoms with Crippen LogP contribution in [0.1, 0.15) is 29.7 Å². The fraction of sp³-hybridized carbons (Fsp3) is 0.231. The summed E-state index contributed by atoms with van der Waals surface area (Å²) in [6.45, 7) is 2.16. The summed E-state index contributed by atoms with van der Waals surface area (Å²) in [5.41, 5.74) is 2.17. The Balaban J connectivity index is 1.61. The van der Waals surface area contributed by atoms with Crippen LogP contribution in [0.25, 0.3) is 0 Å². The quantitative estimate of drug-likeness (QED) is 0.434. The number of benzene rings is 3. The molecule has 0 spiro atoms. The molecule has 0 saturated carbocycles. The van der Waals surface area contributed by atoms with Crippen LogP contribution in [-0.4, -0.2) is 35.2 Å². The van der Waals surface area contributed by atoms with E-state index in [9.17, 15) is 9.59 Å². The number of aliphatic carboxylic acids is 1. The Morgan fingerprint density at radius 1 is 1.06 bits per heavy atom. The maximum absolute atomic E-state index is 12.7. The summed E-state index contributed by atoms with van der Waals surface area (Å²) in [6.07, 6.45) is -0.954. The number of hydrogen-bond donors (Lipinski definition) is 1. The molecular formula is C26H24ClNO6. The minimum Gasteiger partial charge on any atom is -0.493 e. The average Bonchev–Trinajstić information content (AvgIpc) is 3.09. The lowest BCUT2D eigenvalue weighted by Gasteiger charge is -2.22. The van der Waals surface area contributed by atoms with E-state index in [0.29, 0.717) is 33.4 Å². The number of amides is 1. The third-order valence-electron chi connectivity index (χ3n) is 5.69. The van der Waals surface area contributed by atoms with Gasteiger partial charge in [-0.3, -0.25) is 9.69 Å². The molecule has 4 rings (SSSR count). The number of carboxylic acids is 1. The first kappa shape index (κ1) is 23.4. The summed E-state index contributed by atoms with van der Waals surface area (Å²) in [7, 11) is 1.51. The van der Waals surface area contributed by atoms with Crippen molar-refractivity contribution < 1.29 is 28.9 Å². The van der Waals surface area contributed by atoms with E-state index in [0.717, 1.165) is 5.56 Å². The lowest BCUT2D eigenvalue weighted by molar-refractivity contribution is -0.136. The molecule has 3 aromatic carbocycles. The van der Waals surface area contributed by atoms with Gasteiger partial charge in [-0.25, -0.2) is 4.79 Å². The summed E-state index contributed by atoms with van der Waals surface area (Å²) < 4.78 is 17.2. The molecule has 0 aliphatic carbocycles. The molecule has 1 heterocycles. The van der Waals surface area contributed by atoms with Gasteiger partial charge < -0.3 is 19.3 Å². The number of rotatable bonds is 8. The van der Waals surface area contributed by atoms with Crippen molar-refractivity contribution in [2.75, 3.05) is 7.11 Å². The molecule has 1 aliphatic rings. The standard InChI is InChI=1S/C26H24ClNO6/c1-16-25(18-6-4-3-5-7-18)34-26(31)28(16)15-19-14-20(27)9-11-21(19)33-23-12-17(13-24(29)30)8-10-22(23)32-2/h3-12,14,16,25H,13,15H2,1-2H3,(H,29,30)/t16-,25-/m0/s1. The molecular weight excluding hydrogens is 458 g/mol. The van der Waals surface area contributed by atoms with Crippen molar-refractivity contribution >= 4 is 23.7 Å². The van der Waals surface area contributed by atoms with E-state index in [2.05, 4.69) is 0 Å². The minimum atomic E-state index is -0.946. The molecule has 0 aromatic heterocycles. The van der Waals surface area contributed by atoms with Crippen molar-refractivity contribution in [1.29, 1.82) is 0 Å². The molecule has 8 heteroatoms. The molecule has 7 nitrogen and oxygen atoms in total. The van der Waals surface area contributed by atoms with Gasteiger partial charge in [-0.05, 0) is 48.4 Å². The van der Waals surface area contributed by atoms with Gasteiger partial charge in [-0.1, -0.05) is 48.0 Å².